The van der Waals surface area contributed by atoms with Gasteiger partial charge in [0.2, 0.25) is 11.8 Å². The minimum absolute atomic E-state index is 0.0550. The van der Waals surface area contributed by atoms with Crippen LogP contribution in [0.1, 0.15) is 63.4 Å². The van der Waals surface area contributed by atoms with Crippen LogP contribution in [0.25, 0.3) is 0 Å². The summed E-state index contributed by atoms with van der Waals surface area (Å²) < 4.78 is 10.4. The number of rotatable bonds is 11. The number of ether oxygens (including phenoxy) is 2. The van der Waals surface area contributed by atoms with E-state index in [0.717, 1.165) is 44.1 Å². The quantitative estimate of drug-likeness (QED) is 0.456. The molecule has 0 radical (unpaired) electrons. The van der Waals surface area contributed by atoms with Gasteiger partial charge in [0, 0.05) is 20.3 Å². The molecule has 0 spiro atoms. The normalized spacial score (nSPS) is 19.6. The van der Waals surface area contributed by atoms with Crippen molar-refractivity contribution in [2.75, 3.05) is 20.8 Å². The molecule has 7 nitrogen and oxygen atoms in total. The molecular formula is C25H39N3O4. The van der Waals surface area contributed by atoms with E-state index in [4.69, 9.17) is 9.47 Å². The highest BCUT2D eigenvalue weighted by atomic mass is 16.7. The molecule has 2 aliphatic rings. The monoisotopic (exact) mass is 445 g/mol. The fourth-order valence-corrected chi connectivity index (χ4v) is 4.95. The molecule has 0 aromatic heterocycles. The van der Waals surface area contributed by atoms with Gasteiger partial charge in [-0.15, -0.1) is 0 Å². The van der Waals surface area contributed by atoms with E-state index >= 15 is 0 Å². The third-order valence-corrected chi connectivity index (χ3v) is 6.85. The number of benzene rings is 1. The van der Waals surface area contributed by atoms with E-state index in [1.165, 1.54) is 19.3 Å². The number of nitrogens with one attached hydrogen (secondary N) is 3. The van der Waals surface area contributed by atoms with Crippen molar-refractivity contribution < 1.29 is 19.1 Å². The van der Waals surface area contributed by atoms with Gasteiger partial charge in [-0.25, -0.2) is 0 Å². The Morgan fingerprint density at radius 1 is 1.00 bits per heavy atom. The summed E-state index contributed by atoms with van der Waals surface area (Å²) in [4.78, 5) is 26.7. The summed E-state index contributed by atoms with van der Waals surface area (Å²) >= 11 is 0. The van der Waals surface area contributed by atoms with Crippen molar-refractivity contribution >= 4 is 11.8 Å². The van der Waals surface area contributed by atoms with Crippen LogP contribution in [0.4, 0.5) is 0 Å². The highest BCUT2D eigenvalue weighted by Gasteiger charge is 2.44. The number of methoxy groups -OCH3 is 2. The summed E-state index contributed by atoms with van der Waals surface area (Å²) in [5, 5.41) is 9.76. The van der Waals surface area contributed by atoms with Gasteiger partial charge >= 0.3 is 0 Å². The zero-order valence-electron chi connectivity index (χ0n) is 19.5. The van der Waals surface area contributed by atoms with Crippen molar-refractivity contribution in [3.05, 3.63) is 35.9 Å². The summed E-state index contributed by atoms with van der Waals surface area (Å²) in [5.74, 6) is -0.0934. The fourth-order valence-electron chi connectivity index (χ4n) is 4.95. The second-order valence-electron chi connectivity index (χ2n) is 9.13. The van der Waals surface area contributed by atoms with Crippen molar-refractivity contribution in [3.63, 3.8) is 0 Å². The van der Waals surface area contributed by atoms with Crippen molar-refractivity contribution in [2.24, 2.45) is 0 Å². The molecule has 0 aliphatic heterocycles. The van der Waals surface area contributed by atoms with Crippen LogP contribution in [0, 0.1) is 0 Å². The average Bonchev–Trinajstić information content (AvgIpc) is 3.30. The molecule has 2 saturated carbocycles. The predicted octanol–water partition coefficient (Wildman–Crippen LogP) is 2.68. The van der Waals surface area contributed by atoms with Crippen molar-refractivity contribution in [2.45, 2.75) is 88.1 Å². The lowest BCUT2D eigenvalue weighted by atomic mass is 9.90. The minimum Gasteiger partial charge on any atom is -0.354 e. The summed E-state index contributed by atoms with van der Waals surface area (Å²) in [6, 6.07) is 9.65. The molecular weight excluding hydrogens is 406 g/mol. The van der Waals surface area contributed by atoms with E-state index in [1.54, 1.807) is 14.2 Å². The lowest BCUT2D eigenvalue weighted by Gasteiger charge is -2.35. The number of amides is 2. The van der Waals surface area contributed by atoms with Crippen molar-refractivity contribution in [1.82, 2.24) is 16.0 Å². The maximum Gasteiger partial charge on any atom is 0.240 e. The zero-order valence-corrected chi connectivity index (χ0v) is 19.5. The number of carbonyl (C=O) groups excluding carboxylic acids is 2. The second-order valence-corrected chi connectivity index (χ2v) is 9.13. The van der Waals surface area contributed by atoms with E-state index in [2.05, 4.69) is 16.0 Å². The van der Waals surface area contributed by atoms with Crippen LogP contribution in [0.15, 0.2) is 30.3 Å². The van der Waals surface area contributed by atoms with Crippen LogP contribution in [0.5, 0.6) is 0 Å². The minimum atomic E-state index is -0.698. The average molecular weight is 446 g/mol. The molecule has 178 valence electrons. The highest BCUT2D eigenvalue weighted by molar-refractivity contribution is 5.89. The second kappa shape index (κ2) is 12.3. The molecule has 1 aromatic carbocycles. The molecule has 2 fully saturated rings. The summed E-state index contributed by atoms with van der Waals surface area (Å²) in [6.45, 7) is 0.250. The van der Waals surface area contributed by atoms with Crippen LogP contribution in [0.3, 0.4) is 0 Å². The Bertz CT molecular complexity index is 711. The Labute approximate surface area is 192 Å². The molecule has 1 aromatic rings. The lowest BCUT2D eigenvalue weighted by Crippen LogP contribution is -2.63. The first kappa shape index (κ1) is 24.7. The SMILES string of the molecule is COC(CNC(=O)[C@H](Cc1ccccc1)NC1(C(=O)NC2CCCCC2)CCCC1)OC. The first-order valence-corrected chi connectivity index (χ1v) is 12.0. The smallest absolute Gasteiger partial charge is 0.240 e. The Balaban J connectivity index is 1.73. The van der Waals surface area contributed by atoms with Crippen LogP contribution < -0.4 is 16.0 Å². The van der Waals surface area contributed by atoms with Crippen LogP contribution in [-0.2, 0) is 25.5 Å². The summed E-state index contributed by atoms with van der Waals surface area (Å²) in [7, 11) is 3.09. The van der Waals surface area contributed by atoms with E-state index in [-0.39, 0.29) is 24.4 Å². The molecule has 1 atom stereocenters. The standard InChI is InChI=1S/C25H39N3O4/c1-31-22(32-2)18-26-23(29)21(17-19-11-5-3-6-12-19)28-25(15-9-10-16-25)24(30)27-20-13-7-4-8-14-20/h3,5-6,11-12,20-22,28H,4,7-10,13-18H2,1-2H3,(H,26,29)(H,27,30)/t21-/m0/s1. The molecule has 2 amide bonds. The molecule has 0 saturated heterocycles. The van der Waals surface area contributed by atoms with Gasteiger partial charge in [-0.3, -0.25) is 14.9 Å². The van der Waals surface area contributed by atoms with Gasteiger partial charge in [0.1, 0.15) is 0 Å². The van der Waals surface area contributed by atoms with Crippen molar-refractivity contribution in [3.8, 4) is 0 Å². The molecule has 7 heteroatoms. The molecule has 0 heterocycles. The van der Waals surface area contributed by atoms with Gasteiger partial charge in [-0.05, 0) is 37.7 Å². The van der Waals surface area contributed by atoms with E-state index in [1.807, 2.05) is 30.3 Å². The Morgan fingerprint density at radius 3 is 2.28 bits per heavy atom. The summed E-state index contributed by atoms with van der Waals surface area (Å²) in [5.41, 5.74) is 0.354. The Hall–Kier alpha value is -1.96. The maximum atomic E-state index is 13.5. The van der Waals surface area contributed by atoms with E-state index in [0.29, 0.717) is 6.42 Å². The Morgan fingerprint density at radius 2 is 1.66 bits per heavy atom. The van der Waals surface area contributed by atoms with Gasteiger partial charge in [-0.2, -0.15) is 0 Å². The zero-order chi connectivity index (χ0) is 22.8. The van der Waals surface area contributed by atoms with Crippen LogP contribution in [0.2, 0.25) is 0 Å². The number of hydrogen-bond acceptors (Lipinski definition) is 5. The fraction of sp³-hybridized carbons (Fsp3) is 0.680. The molecule has 32 heavy (non-hydrogen) atoms. The molecule has 0 unspecified atom stereocenters. The van der Waals surface area contributed by atoms with E-state index in [9.17, 15) is 9.59 Å². The van der Waals surface area contributed by atoms with Crippen LogP contribution >= 0.6 is 0 Å². The molecule has 3 rings (SSSR count). The Kier molecular flexibility index (Phi) is 9.51. The predicted molar refractivity (Wildman–Crippen MR) is 124 cm³/mol. The third-order valence-electron chi connectivity index (χ3n) is 6.85. The number of carbonyl (C=O) groups is 2. The first-order valence-electron chi connectivity index (χ1n) is 12.0. The largest absolute Gasteiger partial charge is 0.354 e. The van der Waals surface area contributed by atoms with Crippen LogP contribution in [-0.4, -0.2) is 56.5 Å². The molecule has 2 aliphatic carbocycles. The molecule has 3 N–H and O–H groups in total. The lowest BCUT2D eigenvalue weighted by molar-refractivity contribution is -0.132. The maximum absolute atomic E-state index is 13.5. The van der Waals surface area contributed by atoms with Gasteiger partial charge in [0.25, 0.3) is 0 Å². The summed E-state index contributed by atoms with van der Waals surface area (Å²) in [6.07, 6.45) is 9.17. The van der Waals surface area contributed by atoms with Crippen molar-refractivity contribution in [1.29, 1.82) is 0 Å². The topological polar surface area (TPSA) is 88.7 Å². The van der Waals surface area contributed by atoms with Gasteiger partial charge < -0.3 is 20.1 Å². The van der Waals surface area contributed by atoms with E-state index < -0.39 is 17.9 Å². The highest BCUT2D eigenvalue weighted by Crippen LogP contribution is 2.31. The number of hydrogen-bond donors (Lipinski definition) is 3. The van der Waals surface area contributed by atoms with Gasteiger partial charge in [0.05, 0.1) is 18.1 Å². The molecule has 0 bridgehead atoms. The third kappa shape index (κ3) is 6.77. The van der Waals surface area contributed by atoms with Gasteiger partial charge in [-0.1, -0.05) is 62.4 Å². The first-order chi connectivity index (χ1) is 15.6. The van der Waals surface area contributed by atoms with Gasteiger partial charge in [0.15, 0.2) is 6.29 Å².